The Morgan fingerprint density at radius 1 is 1.50 bits per heavy atom. The number of amides is 1. The number of phenols is 1. The predicted molar refractivity (Wildman–Crippen MR) is 42.4 cm³/mol. The van der Waals surface area contributed by atoms with Crippen molar-refractivity contribution in [3.05, 3.63) is 28.8 Å². The zero-order valence-electron chi connectivity index (χ0n) is 5.91. The standard InChI is InChI=1S/C7H6ClNO3/c8-4-2-1-3-5(10)6(4)7(11)9-12/h1-3,10,12H,(H,9,11). The second kappa shape index (κ2) is 3.42. The second-order valence-electron chi connectivity index (χ2n) is 2.07. The van der Waals surface area contributed by atoms with Gasteiger partial charge in [-0.3, -0.25) is 10.0 Å². The molecule has 3 N–H and O–H groups in total. The molecule has 0 aromatic heterocycles. The number of halogens is 1. The van der Waals surface area contributed by atoms with Gasteiger partial charge < -0.3 is 5.11 Å². The van der Waals surface area contributed by atoms with Crippen LogP contribution in [0.3, 0.4) is 0 Å². The Balaban J connectivity index is 3.21. The summed E-state index contributed by atoms with van der Waals surface area (Å²) in [5.41, 5.74) is 1.24. The number of benzene rings is 1. The first-order valence-electron chi connectivity index (χ1n) is 3.08. The van der Waals surface area contributed by atoms with Gasteiger partial charge >= 0.3 is 0 Å². The van der Waals surface area contributed by atoms with Gasteiger partial charge in [0.05, 0.1) is 5.02 Å². The number of rotatable bonds is 1. The van der Waals surface area contributed by atoms with E-state index in [2.05, 4.69) is 0 Å². The predicted octanol–water partition coefficient (Wildman–Crippen LogP) is 1.16. The summed E-state index contributed by atoms with van der Waals surface area (Å²) in [4.78, 5) is 10.8. The largest absolute Gasteiger partial charge is 0.507 e. The van der Waals surface area contributed by atoms with Gasteiger partial charge in [-0.05, 0) is 12.1 Å². The average Bonchev–Trinajstić information content (AvgIpc) is 2.03. The molecule has 1 aromatic carbocycles. The fourth-order valence-corrected chi connectivity index (χ4v) is 1.05. The summed E-state index contributed by atoms with van der Waals surface area (Å²) in [7, 11) is 0. The van der Waals surface area contributed by atoms with E-state index in [1.54, 1.807) is 0 Å². The SMILES string of the molecule is O=C(NO)c1c(O)cccc1Cl. The van der Waals surface area contributed by atoms with Crippen molar-refractivity contribution in [1.82, 2.24) is 5.48 Å². The van der Waals surface area contributed by atoms with Crippen LogP contribution < -0.4 is 5.48 Å². The first-order chi connectivity index (χ1) is 5.66. The molecule has 0 aliphatic heterocycles. The molecule has 0 fully saturated rings. The Bertz CT molecular complexity index is 293. The Morgan fingerprint density at radius 2 is 2.17 bits per heavy atom. The third-order valence-electron chi connectivity index (χ3n) is 1.32. The Hall–Kier alpha value is -1.26. The molecule has 0 atom stereocenters. The maximum absolute atomic E-state index is 10.8. The molecule has 0 unspecified atom stereocenters. The zero-order valence-corrected chi connectivity index (χ0v) is 6.67. The molecule has 0 saturated carbocycles. The summed E-state index contributed by atoms with van der Waals surface area (Å²) in [6, 6.07) is 4.23. The zero-order chi connectivity index (χ0) is 9.14. The average molecular weight is 188 g/mol. The summed E-state index contributed by atoms with van der Waals surface area (Å²) in [5.74, 6) is -1.10. The minimum Gasteiger partial charge on any atom is -0.507 e. The molecule has 0 radical (unpaired) electrons. The highest BCUT2D eigenvalue weighted by molar-refractivity contribution is 6.34. The van der Waals surface area contributed by atoms with Crippen molar-refractivity contribution in [3.8, 4) is 5.75 Å². The highest BCUT2D eigenvalue weighted by atomic mass is 35.5. The Kier molecular flexibility index (Phi) is 2.52. The molecule has 4 nitrogen and oxygen atoms in total. The van der Waals surface area contributed by atoms with Crippen molar-refractivity contribution in [2.75, 3.05) is 0 Å². The van der Waals surface area contributed by atoms with E-state index >= 15 is 0 Å². The summed E-state index contributed by atoms with van der Waals surface area (Å²) in [6.45, 7) is 0. The topological polar surface area (TPSA) is 69.6 Å². The number of nitrogens with one attached hydrogen (secondary N) is 1. The molecule has 64 valence electrons. The Labute approximate surface area is 73.4 Å². The Morgan fingerprint density at radius 3 is 2.67 bits per heavy atom. The van der Waals surface area contributed by atoms with E-state index in [1.807, 2.05) is 0 Å². The van der Waals surface area contributed by atoms with Gasteiger partial charge in [0.15, 0.2) is 0 Å². The molecule has 0 aliphatic rings. The van der Waals surface area contributed by atoms with Crippen molar-refractivity contribution < 1.29 is 15.1 Å². The number of aromatic hydroxyl groups is 1. The van der Waals surface area contributed by atoms with Gasteiger partial charge in [-0.15, -0.1) is 0 Å². The molecule has 0 bridgehead atoms. The number of hydrogen-bond acceptors (Lipinski definition) is 3. The van der Waals surface area contributed by atoms with Gasteiger partial charge in [0.25, 0.3) is 5.91 Å². The third kappa shape index (κ3) is 1.49. The quantitative estimate of drug-likeness (QED) is 0.457. The van der Waals surface area contributed by atoms with Crippen molar-refractivity contribution in [2.45, 2.75) is 0 Å². The van der Waals surface area contributed by atoms with Gasteiger partial charge in [-0.2, -0.15) is 0 Å². The smallest absolute Gasteiger partial charge is 0.279 e. The number of hydroxylamine groups is 1. The normalized spacial score (nSPS) is 9.50. The number of hydrogen-bond donors (Lipinski definition) is 3. The molecular weight excluding hydrogens is 182 g/mol. The summed E-state index contributed by atoms with van der Waals surface area (Å²) in [5, 5.41) is 17.5. The van der Waals surface area contributed by atoms with E-state index in [1.165, 1.54) is 23.7 Å². The van der Waals surface area contributed by atoms with Crippen LogP contribution in [-0.2, 0) is 0 Å². The van der Waals surface area contributed by atoms with E-state index in [4.69, 9.17) is 21.9 Å². The van der Waals surface area contributed by atoms with Crippen molar-refractivity contribution in [2.24, 2.45) is 0 Å². The summed E-state index contributed by atoms with van der Waals surface area (Å²) >= 11 is 5.57. The number of carbonyl (C=O) groups excluding carboxylic acids is 1. The first-order valence-corrected chi connectivity index (χ1v) is 3.46. The van der Waals surface area contributed by atoms with Crippen molar-refractivity contribution in [3.63, 3.8) is 0 Å². The van der Waals surface area contributed by atoms with Gasteiger partial charge in [0.2, 0.25) is 0 Å². The fraction of sp³-hybridized carbons (Fsp3) is 0. The van der Waals surface area contributed by atoms with E-state index < -0.39 is 5.91 Å². The van der Waals surface area contributed by atoms with Crippen LogP contribution in [0.4, 0.5) is 0 Å². The van der Waals surface area contributed by atoms with Crippen LogP contribution in [0, 0.1) is 0 Å². The molecule has 0 spiro atoms. The van der Waals surface area contributed by atoms with E-state index in [9.17, 15) is 4.79 Å². The lowest BCUT2D eigenvalue weighted by molar-refractivity contribution is 0.0703. The minimum absolute atomic E-state index is 0.0848. The van der Waals surface area contributed by atoms with E-state index in [0.29, 0.717) is 0 Å². The minimum atomic E-state index is -0.835. The van der Waals surface area contributed by atoms with Crippen LogP contribution in [0.15, 0.2) is 18.2 Å². The number of phenolic OH excluding ortho intramolecular Hbond substituents is 1. The van der Waals surface area contributed by atoms with Gasteiger partial charge in [0.1, 0.15) is 11.3 Å². The molecule has 1 rings (SSSR count). The van der Waals surface area contributed by atoms with Crippen LogP contribution in [0.2, 0.25) is 5.02 Å². The van der Waals surface area contributed by atoms with Gasteiger partial charge in [-0.1, -0.05) is 17.7 Å². The van der Waals surface area contributed by atoms with Crippen LogP contribution in [0.5, 0.6) is 5.75 Å². The molecule has 0 aliphatic carbocycles. The van der Waals surface area contributed by atoms with Crippen LogP contribution >= 0.6 is 11.6 Å². The van der Waals surface area contributed by atoms with Crippen molar-refractivity contribution in [1.29, 1.82) is 0 Å². The molecule has 0 heterocycles. The summed E-state index contributed by atoms with van der Waals surface area (Å²) in [6.07, 6.45) is 0. The van der Waals surface area contributed by atoms with Gasteiger partial charge in [-0.25, -0.2) is 5.48 Å². The lowest BCUT2D eigenvalue weighted by Gasteiger charge is -2.03. The summed E-state index contributed by atoms with van der Waals surface area (Å²) < 4.78 is 0. The lowest BCUT2D eigenvalue weighted by atomic mass is 10.2. The maximum Gasteiger partial charge on any atom is 0.279 e. The molecule has 5 heteroatoms. The fourth-order valence-electron chi connectivity index (χ4n) is 0.793. The van der Waals surface area contributed by atoms with E-state index in [0.717, 1.165) is 0 Å². The molecule has 1 aromatic rings. The second-order valence-corrected chi connectivity index (χ2v) is 2.48. The maximum atomic E-state index is 10.8. The molecule has 12 heavy (non-hydrogen) atoms. The van der Waals surface area contributed by atoms with Crippen molar-refractivity contribution >= 4 is 17.5 Å². The third-order valence-corrected chi connectivity index (χ3v) is 1.64. The van der Waals surface area contributed by atoms with Crippen LogP contribution in [0.25, 0.3) is 0 Å². The molecular formula is C7H6ClNO3. The number of carbonyl (C=O) groups is 1. The first kappa shape index (κ1) is 8.83. The molecule has 1 amide bonds. The van der Waals surface area contributed by atoms with Gasteiger partial charge in [0, 0.05) is 0 Å². The highest BCUT2D eigenvalue weighted by Crippen LogP contribution is 2.24. The molecule has 0 saturated heterocycles. The van der Waals surface area contributed by atoms with Crippen LogP contribution in [0.1, 0.15) is 10.4 Å². The van der Waals surface area contributed by atoms with Crippen LogP contribution in [-0.4, -0.2) is 16.2 Å². The van der Waals surface area contributed by atoms with E-state index in [-0.39, 0.29) is 16.3 Å². The highest BCUT2D eigenvalue weighted by Gasteiger charge is 2.13. The lowest BCUT2D eigenvalue weighted by Crippen LogP contribution is -2.19. The monoisotopic (exact) mass is 187 g/mol.